The van der Waals surface area contributed by atoms with Crippen molar-refractivity contribution in [3.8, 4) is 0 Å². The molecule has 0 aliphatic heterocycles. The largest absolute Gasteiger partial charge is 0.283 e. The molecular formula is C10H8NW-. The molecule has 1 heterocycles. The first kappa shape index (κ1) is 9.28. The number of aromatic nitrogens is 1. The summed E-state index contributed by atoms with van der Waals surface area (Å²) in [4.78, 5) is 4.20. The van der Waals surface area contributed by atoms with E-state index in [4.69, 9.17) is 0 Å². The van der Waals surface area contributed by atoms with Gasteiger partial charge >= 0.3 is 0 Å². The van der Waals surface area contributed by atoms with Gasteiger partial charge in [-0.25, -0.2) is 0 Å². The summed E-state index contributed by atoms with van der Waals surface area (Å²) in [5.74, 6) is 0. The minimum absolute atomic E-state index is 0. The van der Waals surface area contributed by atoms with Crippen molar-refractivity contribution < 1.29 is 21.1 Å². The van der Waals surface area contributed by atoms with E-state index in [1.54, 1.807) is 6.20 Å². The van der Waals surface area contributed by atoms with Crippen LogP contribution in [0.25, 0.3) is 10.9 Å². The Labute approximate surface area is 86.1 Å². The van der Waals surface area contributed by atoms with E-state index in [1.807, 2.05) is 30.3 Å². The van der Waals surface area contributed by atoms with Crippen LogP contribution in [0.15, 0.2) is 36.5 Å². The van der Waals surface area contributed by atoms with Gasteiger partial charge in [-0.1, -0.05) is 12.1 Å². The first-order valence-corrected chi connectivity index (χ1v) is 3.53. The first-order chi connectivity index (χ1) is 5.38. The van der Waals surface area contributed by atoms with Gasteiger partial charge in [0.05, 0.1) is 0 Å². The number of pyridine rings is 1. The summed E-state index contributed by atoms with van der Waals surface area (Å²) in [5, 5.41) is 1.13. The predicted octanol–water partition coefficient (Wildman–Crippen LogP) is 2.41. The Morgan fingerprint density at radius 2 is 1.83 bits per heavy atom. The van der Waals surface area contributed by atoms with Crippen LogP contribution in [0, 0.1) is 6.92 Å². The second kappa shape index (κ2) is 3.73. The topological polar surface area (TPSA) is 12.9 Å². The Morgan fingerprint density at radius 1 is 1.08 bits per heavy atom. The monoisotopic (exact) mass is 326 g/mol. The molecule has 0 radical (unpaired) electrons. The molecule has 1 nitrogen and oxygen atoms in total. The summed E-state index contributed by atoms with van der Waals surface area (Å²) in [6, 6.07) is 9.92. The minimum Gasteiger partial charge on any atom is -0.283 e. The molecule has 2 heteroatoms. The molecule has 0 aliphatic carbocycles. The van der Waals surface area contributed by atoms with Crippen LogP contribution in [0.3, 0.4) is 0 Å². The quantitative estimate of drug-likeness (QED) is 0.678. The second-order valence-electron chi connectivity index (χ2n) is 2.49. The summed E-state index contributed by atoms with van der Waals surface area (Å²) in [7, 11) is 0. The molecule has 0 amide bonds. The maximum atomic E-state index is 4.20. The molecule has 0 aliphatic rings. The Morgan fingerprint density at radius 3 is 2.58 bits per heavy atom. The third-order valence-electron chi connectivity index (χ3n) is 1.74. The summed E-state index contributed by atoms with van der Waals surface area (Å²) in [6.07, 6.45) is 1.78. The van der Waals surface area contributed by atoms with E-state index in [0.717, 1.165) is 16.5 Å². The van der Waals surface area contributed by atoms with Crippen LogP contribution in [0.1, 0.15) is 5.56 Å². The van der Waals surface area contributed by atoms with Crippen LogP contribution in [-0.4, -0.2) is 4.98 Å². The standard InChI is InChI=1S/C10H8N.W/c1-8-6-7-11-10-5-3-2-4-9(8)10;/h2-7H,1H2;/q-1;. The van der Waals surface area contributed by atoms with Crippen LogP contribution in [0.4, 0.5) is 0 Å². The zero-order valence-corrected chi connectivity index (χ0v) is 9.46. The van der Waals surface area contributed by atoms with E-state index in [1.165, 1.54) is 0 Å². The second-order valence-corrected chi connectivity index (χ2v) is 2.49. The van der Waals surface area contributed by atoms with Crippen molar-refractivity contribution in [2.24, 2.45) is 0 Å². The number of hydrogen-bond donors (Lipinski definition) is 0. The molecule has 0 bridgehead atoms. The number of nitrogens with zero attached hydrogens (tertiary/aromatic N) is 1. The Kier molecular flexibility index (Phi) is 2.88. The summed E-state index contributed by atoms with van der Waals surface area (Å²) in [6.45, 7) is 3.91. The van der Waals surface area contributed by atoms with Crippen LogP contribution < -0.4 is 0 Å². The molecule has 12 heavy (non-hydrogen) atoms. The van der Waals surface area contributed by atoms with Gasteiger partial charge in [-0.2, -0.15) is 12.5 Å². The molecule has 1 aromatic carbocycles. The molecule has 2 rings (SSSR count). The molecule has 1 aromatic heterocycles. The number of hydrogen-bond acceptors (Lipinski definition) is 1. The average Bonchev–Trinajstić information content (AvgIpc) is 2.06. The van der Waals surface area contributed by atoms with Crippen molar-refractivity contribution in [1.29, 1.82) is 0 Å². The van der Waals surface area contributed by atoms with E-state index >= 15 is 0 Å². The third kappa shape index (κ3) is 1.51. The number of fused-ring (bicyclic) bond motifs is 1. The maximum absolute atomic E-state index is 4.20. The molecule has 0 N–H and O–H groups in total. The summed E-state index contributed by atoms with van der Waals surface area (Å²) < 4.78 is 0. The van der Waals surface area contributed by atoms with Crippen molar-refractivity contribution in [3.05, 3.63) is 49.0 Å². The van der Waals surface area contributed by atoms with Gasteiger partial charge in [-0.15, -0.1) is 17.5 Å². The van der Waals surface area contributed by atoms with Gasteiger partial charge in [-0.3, -0.25) is 4.98 Å². The van der Waals surface area contributed by atoms with Gasteiger partial charge in [0.25, 0.3) is 0 Å². The zero-order chi connectivity index (χ0) is 7.68. The molecule has 2 aromatic rings. The zero-order valence-electron chi connectivity index (χ0n) is 6.53. The first-order valence-electron chi connectivity index (χ1n) is 3.53. The fourth-order valence-corrected chi connectivity index (χ4v) is 1.16. The van der Waals surface area contributed by atoms with Crippen LogP contribution >= 0.6 is 0 Å². The van der Waals surface area contributed by atoms with E-state index in [2.05, 4.69) is 11.9 Å². The molecule has 0 spiro atoms. The van der Waals surface area contributed by atoms with Crippen LogP contribution in [0.5, 0.6) is 0 Å². The SMILES string of the molecule is [CH2-]c1ccnc2ccccc12.[W]. The van der Waals surface area contributed by atoms with Crippen LogP contribution in [-0.2, 0) is 21.1 Å². The average molecular weight is 326 g/mol. The van der Waals surface area contributed by atoms with Crippen molar-refractivity contribution in [2.75, 3.05) is 0 Å². The normalized spacial score (nSPS) is 9.33. The summed E-state index contributed by atoms with van der Waals surface area (Å²) >= 11 is 0. The van der Waals surface area contributed by atoms with E-state index in [9.17, 15) is 0 Å². The van der Waals surface area contributed by atoms with Gasteiger partial charge in [-0.05, 0) is 12.3 Å². The van der Waals surface area contributed by atoms with Gasteiger partial charge in [0.15, 0.2) is 0 Å². The van der Waals surface area contributed by atoms with E-state index in [-0.39, 0.29) is 21.1 Å². The van der Waals surface area contributed by atoms with Crippen molar-refractivity contribution in [3.63, 3.8) is 0 Å². The Hall–Kier alpha value is -0.812. The Bertz CT molecular complexity index is 379. The van der Waals surface area contributed by atoms with Gasteiger partial charge in [0.1, 0.15) is 0 Å². The molecule has 0 saturated carbocycles. The smallest absolute Gasteiger partial charge is 0.0145 e. The fraction of sp³-hybridized carbons (Fsp3) is 0. The maximum Gasteiger partial charge on any atom is 0.0145 e. The summed E-state index contributed by atoms with van der Waals surface area (Å²) in [5.41, 5.74) is 2.05. The molecule has 0 fully saturated rings. The fourth-order valence-electron chi connectivity index (χ4n) is 1.16. The molecule has 0 atom stereocenters. The Balaban J connectivity index is 0.000000720. The molecular weight excluding hydrogens is 318 g/mol. The van der Waals surface area contributed by atoms with E-state index in [0.29, 0.717) is 0 Å². The van der Waals surface area contributed by atoms with Gasteiger partial charge < -0.3 is 0 Å². The van der Waals surface area contributed by atoms with Gasteiger partial charge in [0, 0.05) is 26.6 Å². The predicted molar refractivity (Wildman–Crippen MR) is 46.2 cm³/mol. The number of rotatable bonds is 0. The molecule has 0 saturated heterocycles. The van der Waals surface area contributed by atoms with Crippen LogP contribution in [0.2, 0.25) is 0 Å². The molecule has 0 unspecified atom stereocenters. The third-order valence-corrected chi connectivity index (χ3v) is 1.74. The van der Waals surface area contributed by atoms with Gasteiger partial charge in [0.2, 0.25) is 0 Å². The van der Waals surface area contributed by atoms with Crippen molar-refractivity contribution >= 4 is 10.9 Å². The number of benzene rings is 1. The van der Waals surface area contributed by atoms with Crippen molar-refractivity contribution in [2.45, 2.75) is 0 Å². The number of para-hydroxylation sites is 1. The van der Waals surface area contributed by atoms with E-state index < -0.39 is 0 Å². The van der Waals surface area contributed by atoms with Crippen molar-refractivity contribution in [1.82, 2.24) is 4.98 Å². The molecule has 60 valence electrons. The minimum atomic E-state index is 0.